The first kappa shape index (κ1) is 14.0. The molecule has 0 bridgehead atoms. The number of benzene rings is 2. The minimum absolute atomic E-state index is 0.343. The second-order valence-electron chi connectivity index (χ2n) is 4.46. The number of hydrogen-bond acceptors (Lipinski definition) is 3. The Morgan fingerprint density at radius 1 is 1.19 bits per heavy atom. The number of aromatic amines is 1. The highest BCUT2D eigenvalue weighted by Crippen LogP contribution is 2.35. The maximum atomic E-state index is 11.8. The molecule has 1 aromatic heterocycles. The predicted octanol–water partition coefficient (Wildman–Crippen LogP) is 4.76. The molecule has 0 aliphatic rings. The van der Waals surface area contributed by atoms with Crippen molar-refractivity contribution < 1.29 is 9.53 Å². The van der Waals surface area contributed by atoms with E-state index in [4.69, 9.17) is 16.3 Å². The number of esters is 1. The van der Waals surface area contributed by atoms with Crippen molar-refractivity contribution >= 4 is 40.2 Å². The fourth-order valence-corrected chi connectivity index (χ4v) is 3.21. The normalized spacial score (nSPS) is 10.8. The zero-order chi connectivity index (χ0) is 14.8. The van der Waals surface area contributed by atoms with Crippen LogP contribution in [-0.2, 0) is 4.74 Å². The monoisotopic (exact) mass is 317 g/mol. The Kier molecular flexibility index (Phi) is 3.90. The van der Waals surface area contributed by atoms with E-state index in [1.807, 2.05) is 42.6 Å². The van der Waals surface area contributed by atoms with Crippen LogP contribution in [0.5, 0.6) is 0 Å². The molecule has 0 fully saturated rings. The second kappa shape index (κ2) is 5.84. The Morgan fingerprint density at radius 3 is 2.67 bits per heavy atom. The quantitative estimate of drug-likeness (QED) is 0.708. The van der Waals surface area contributed by atoms with Gasteiger partial charge in [0.1, 0.15) is 0 Å². The van der Waals surface area contributed by atoms with Crippen molar-refractivity contribution in [2.45, 2.75) is 9.79 Å². The molecule has 0 saturated heterocycles. The molecule has 0 amide bonds. The number of fused-ring (bicyclic) bond motifs is 1. The first-order chi connectivity index (χ1) is 10.2. The zero-order valence-corrected chi connectivity index (χ0v) is 12.8. The molecule has 0 saturated carbocycles. The van der Waals surface area contributed by atoms with Gasteiger partial charge in [-0.05, 0) is 42.5 Å². The van der Waals surface area contributed by atoms with Crippen molar-refractivity contribution in [1.29, 1.82) is 0 Å². The predicted molar refractivity (Wildman–Crippen MR) is 85.2 cm³/mol. The lowest BCUT2D eigenvalue weighted by Gasteiger charge is -2.07. The summed E-state index contributed by atoms with van der Waals surface area (Å²) in [6.07, 6.45) is 1.86. The molecule has 0 radical (unpaired) electrons. The summed E-state index contributed by atoms with van der Waals surface area (Å²) in [6, 6.07) is 13.3. The van der Waals surface area contributed by atoms with E-state index in [9.17, 15) is 4.79 Å². The first-order valence-electron chi connectivity index (χ1n) is 6.30. The summed E-state index contributed by atoms with van der Waals surface area (Å²) in [5.74, 6) is -0.343. The van der Waals surface area contributed by atoms with Crippen LogP contribution in [0.25, 0.3) is 10.9 Å². The summed E-state index contributed by atoms with van der Waals surface area (Å²) in [4.78, 5) is 17.0. The molecule has 0 atom stereocenters. The van der Waals surface area contributed by atoms with Gasteiger partial charge in [0, 0.05) is 31.9 Å². The number of aromatic nitrogens is 1. The van der Waals surface area contributed by atoms with Crippen molar-refractivity contribution in [2.24, 2.45) is 0 Å². The summed E-state index contributed by atoms with van der Waals surface area (Å²) in [6.45, 7) is 0. The van der Waals surface area contributed by atoms with Crippen LogP contribution >= 0.6 is 23.4 Å². The summed E-state index contributed by atoms with van der Waals surface area (Å²) >= 11 is 7.49. The van der Waals surface area contributed by atoms with Gasteiger partial charge in [-0.2, -0.15) is 0 Å². The highest BCUT2D eigenvalue weighted by molar-refractivity contribution is 7.99. The highest BCUT2D eigenvalue weighted by Gasteiger charge is 2.12. The van der Waals surface area contributed by atoms with E-state index in [2.05, 4.69) is 4.98 Å². The SMILES string of the molecule is COC(=O)c1cc(Sc2ccc(Cl)cc2)c2cc[nH]c2c1. The molecule has 0 aliphatic carbocycles. The molecule has 0 aliphatic heterocycles. The maximum Gasteiger partial charge on any atom is 0.337 e. The number of nitrogens with one attached hydrogen (secondary N) is 1. The Bertz CT molecular complexity index is 796. The average molecular weight is 318 g/mol. The van der Waals surface area contributed by atoms with Crippen LogP contribution in [0, 0.1) is 0 Å². The molecule has 3 aromatic rings. The fraction of sp³-hybridized carbons (Fsp3) is 0.0625. The van der Waals surface area contributed by atoms with Gasteiger partial charge >= 0.3 is 5.97 Å². The van der Waals surface area contributed by atoms with Gasteiger partial charge in [-0.3, -0.25) is 0 Å². The van der Waals surface area contributed by atoms with Crippen LogP contribution in [0.2, 0.25) is 5.02 Å². The van der Waals surface area contributed by atoms with Crippen LogP contribution in [0.3, 0.4) is 0 Å². The lowest BCUT2D eigenvalue weighted by Crippen LogP contribution is -2.01. The lowest BCUT2D eigenvalue weighted by molar-refractivity contribution is 0.0600. The number of ether oxygens (including phenoxy) is 1. The zero-order valence-electron chi connectivity index (χ0n) is 11.2. The van der Waals surface area contributed by atoms with Crippen molar-refractivity contribution in [1.82, 2.24) is 4.98 Å². The fourth-order valence-electron chi connectivity index (χ4n) is 2.08. The van der Waals surface area contributed by atoms with E-state index >= 15 is 0 Å². The number of rotatable bonds is 3. The van der Waals surface area contributed by atoms with Gasteiger partial charge in [-0.25, -0.2) is 4.79 Å². The molecule has 1 heterocycles. The summed E-state index contributed by atoms with van der Waals surface area (Å²) in [5, 5.41) is 1.78. The van der Waals surface area contributed by atoms with E-state index in [1.54, 1.807) is 17.8 Å². The number of H-pyrrole nitrogens is 1. The van der Waals surface area contributed by atoms with Gasteiger partial charge in [0.2, 0.25) is 0 Å². The lowest BCUT2D eigenvalue weighted by atomic mass is 10.1. The minimum atomic E-state index is -0.343. The highest BCUT2D eigenvalue weighted by atomic mass is 35.5. The van der Waals surface area contributed by atoms with Crippen molar-refractivity contribution in [3.05, 3.63) is 59.2 Å². The topological polar surface area (TPSA) is 42.1 Å². The second-order valence-corrected chi connectivity index (χ2v) is 6.01. The molecule has 3 rings (SSSR count). The molecule has 1 N–H and O–H groups in total. The van der Waals surface area contributed by atoms with Gasteiger partial charge in [-0.1, -0.05) is 23.4 Å². The minimum Gasteiger partial charge on any atom is -0.465 e. The summed E-state index contributed by atoms with van der Waals surface area (Å²) in [7, 11) is 1.38. The van der Waals surface area contributed by atoms with Crippen molar-refractivity contribution in [2.75, 3.05) is 7.11 Å². The molecule has 5 heteroatoms. The molecule has 106 valence electrons. The molecule has 3 nitrogen and oxygen atoms in total. The summed E-state index contributed by atoms with van der Waals surface area (Å²) in [5.41, 5.74) is 1.44. The molecule has 0 unspecified atom stereocenters. The Labute approximate surface area is 131 Å². The van der Waals surface area contributed by atoms with Gasteiger partial charge < -0.3 is 9.72 Å². The van der Waals surface area contributed by atoms with Crippen LogP contribution in [0.15, 0.2) is 58.5 Å². The van der Waals surface area contributed by atoms with Gasteiger partial charge in [0.05, 0.1) is 12.7 Å². The summed E-state index contributed by atoms with van der Waals surface area (Å²) < 4.78 is 4.80. The van der Waals surface area contributed by atoms with E-state index in [-0.39, 0.29) is 5.97 Å². The third-order valence-corrected chi connectivity index (χ3v) is 4.41. The number of halogens is 1. The number of carbonyl (C=O) groups excluding carboxylic acids is 1. The van der Waals surface area contributed by atoms with Gasteiger partial charge in [-0.15, -0.1) is 0 Å². The number of carbonyl (C=O) groups is 1. The molecule has 21 heavy (non-hydrogen) atoms. The van der Waals surface area contributed by atoms with Crippen LogP contribution in [0.4, 0.5) is 0 Å². The number of methoxy groups -OCH3 is 1. The molecule has 0 spiro atoms. The van der Waals surface area contributed by atoms with E-state index < -0.39 is 0 Å². The Balaban J connectivity index is 2.05. The molecule has 2 aromatic carbocycles. The average Bonchev–Trinajstić information content (AvgIpc) is 2.97. The Morgan fingerprint density at radius 2 is 1.95 bits per heavy atom. The smallest absolute Gasteiger partial charge is 0.337 e. The van der Waals surface area contributed by atoms with E-state index in [0.717, 1.165) is 20.7 Å². The van der Waals surface area contributed by atoms with E-state index in [1.165, 1.54) is 7.11 Å². The maximum absolute atomic E-state index is 11.8. The third kappa shape index (κ3) is 2.91. The van der Waals surface area contributed by atoms with Gasteiger partial charge in [0.15, 0.2) is 0 Å². The third-order valence-electron chi connectivity index (χ3n) is 3.09. The van der Waals surface area contributed by atoms with Crippen LogP contribution < -0.4 is 0 Å². The number of hydrogen-bond donors (Lipinski definition) is 1. The van der Waals surface area contributed by atoms with Gasteiger partial charge in [0.25, 0.3) is 0 Å². The molecular weight excluding hydrogens is 306 g/mol. The largest absolute Gasteiger partial charge is 0.465 e. The van der Waals surface area contributed by atoms with Crippen LogP contribution in [0.1, 0.15) is 10.4 Å². The van der Waals surface area contributed by atoms with E-state index in [0.29, 0.717) is 10.6 Å². The van der Waals surface area contributed by atoms with Crippen molar-refractivity contribution in [3.63, 3.8) is 0 Å². The molecular formula is C16H12ClNO2S. The Hall–Kier alpha value is -1.91. The standard InChI is InChI=1S/C16H12ClNO2S/c1-20-16(19)10-8-14-13(6-7-18-14)15(9-10)21-12-4-2-11(17)3-5-12/h2-9,18H,1H3. The van der Waals surface area contributed by atoms with Crippen LogP contribution in [-0.4, -0.2) is 18.1 Å². The van der Waals surface area contributed by atoms with Crippen molar-refractivity contribution in [3.8, 4) is 0 Å². The first-order valence-corrected chi connectivity index (χ1v) is 7.49.